The molecule has 100 valence electrons. The zero-order valence-corrected chi connectivity index (χ0v) is 11.8. The molecule has 1 rings (SSSR count). The van der Waals surface area contributed by atoms with E-state index in [0.29, 0.717) is 17.9 Å². The quantitative estimate of drug-likeness (QED) is 0.803. The van der Waals surface area contributed by atoms with E-state index in [0.717, 1.165) is 0 Å². The van der Waals surface area contributed by atoms with E-state index in [2.05, 4.69) is 53.6 Å². The topological polar surface area (TPSA) is 66.5 Å². The molecule has 2 atom stereocenters. The Balaban J connectivity index is 0.000000354. The van der Waals surface area contributed by atoms with Gasteiger partial charge in [-0.1, -0.05) is 31.9 Å². The van der Waals surface area contributed by atoms with Crippen LogP contribution >= 0.6 is 0 Å². The summed E-state index contributed by atoms with van der Waals surface area (Å²) in [4.78, 5) is 0. The lowest BCUT2D eigenvalue weighted by atomic mass is 10.1. The molecule has 17 heavy (non-hydrogen) atoms. The third-order valence-electron chi connectivity index (χ3n) is 2.46. The first-order valence-corrected chi connectivity index (χ1v) is 6.56. The molecule has 0 fully saturated rings. The smallest absolute Gasteiger partial charge is 0.171 e. The fourth-order valence-electron chi connectivity index (χ4n) is 1.73. The van der Waals surface area contributed by atoms with Crippen LogP contribution < -0.4 is 5.32 Å². The van der Waals surface area contributed by atoms with Gasteiger partial charge in [-0.15, -0.1) is 10.2 Å². The Labute approximate surface area is 105 Å². The molecule has 0 aromatic carbocycles. The van der Waals surface area contributed by atoms with Crippen molar-refractivity contribution in [1.82, 2.24) is 25.9 Å². The van der Waals surface area contributed by atoms with Crippen molar-refractivity contribution in [2.45, 2.75) is 72.4 Å². The summed E-state index contributed by atoms with van der Waals surface area (Å²) in [6, 6.07) is 1.39. The van der Waals surface area contributed by atoms with Gasteiger partial charge in [0, 0.05) is 12.1 Å². The normalized spacial score (nSPS) is 13.7. The molecule has 0 radical (unpaired) electrons. The highest BCUT2D eigenvalue weighted by Crippen LogP contribution is 2.00. The van der Waals surface area contributed by atoms with E-state index < -0.39 is 0 Å². The molecule has 5 nitrogen and oxygen atoms in total. The summed E-state index contributed by atoms with van der Waals surface area (Å²) in [7, 11) is 0. The average molecular weight is 241 g/mol. The maximum absolute atomic E-state index is 3.58. The first-order valence-electron chi connectivity index (χ1n) is 6.56. The molecule has 0 bridgehead atoms. The highest BCUT2D eigenvalue weighted by atomic mass is 15.5. The number of nitrogens with zero attached hydrogens (tertiary/aromatic N) is 3. The Hall–Kier alpha value is -0.970. The number of H-pyrrole nitrogens is 1. The number of tetrazole rings is 1. The van der Waals surface area contributed by atoms with Gasteiger partial charge in [-0.3, -0.25) is 0 Å². The summed E-state index contributed by atoms with van der Waals surface area (Å²) < 4.78 is 0. The van der Waals surface area contributed by atoms with Crippen molar-refractivity contribution in [3.8, 4) is 0 Å². The number of hydrogen-bond donors (Lipinski definition) is 2. The van der Waals surface area contributed by atoms with Gasteiger partial charge in [-0.05, 0) is 33.6 Å². The van der Waals surface area contributed by atoms with Gasteiger partial charge in [0.25, 0.3) is 0 Å². The van der Waals surface area contributed by atoms with Crippen LogP contribution in [-0.4, -0.2) is 32.7 Å². The molecule has 0 aliphatic heterocycles. The van der Waals surface area contributed by atoms with Crippen LogP contribution in [0.15, 0.2) is 0 Å². The van der Waals surface area contributed by atoms with Gasteiger partial charge >= 0.3 is 0 Å². The van der Waals surface area contributed by atoms with Gasteiger partial charge < -0.3 is 5.32 Å². The maximum Gasteiger partial charge on any atom is 0.171 e. The van der Waals surface area contributed by atoms with E-state index in [4.69, 9.17) is 0 Å². The number of aromatic nitrogens is 4. The summed E-state index contributed by atoms with van der Waals surface area (Å²) in [5.41, 5.74) is 0. The lowest BCUT2D eigenvalue weighted by molar-refractivity contribution is 0.423. The molecule has 2 N–H and O–H groups in total. The molecule has 2 unspecified atom stereocenters. The maximum atomic E-state index is 3.58. The van der Waals surface area contributed by atoms with Crippen molar-refractivity contribution in [2.75, 3.05) is 0 Å². The minimum absolute atomic E-state index is 0.676. The van der Waals surface area contributed by atoms with Gasteiger partial charge in [-0.25, -0.2) is 0 Å². The van der Waals surface area contributed by atoms with Gasteiger partial charge in [0.1, 0.15) is 0 Å². The van der Waals surface area contributed by atoms with E-state index in [1.165, 1.54) is 25.7 Å². The standard InChI is InChI=1S/C10H23N.C2H4N4/c1-5-7-9(3)11-10(4)8-6-2;1-2-3-5-6-4-2/h9-11H,5-8H2,1-4H3;1H3,(H,3,4,5,6). The molecule has 1 aromatic heterocycles. The van der Waals surface area contributed by atoms with Crippen LogP contribution in [0.2, 0.25) is 0 Å². The Bertz CT molecular complexity index is 237. The zero-order valence-electron chi connectivity index (χ0n) is 11.8. The van der Waals surface area contributed by atoms with Crippen molar-refractivity contribution in [3.05, 3.63) is 5.82 Å². The van der Waals surface area contributed by atoms with E-state index in [1.54, 1.807) is 6.92 Å². The minimum atomic E-state index is 0.676. The van der Waals surface area contributed by atoms with Crippen molar-refractivity contribution >= 4 is 0 Å². The third-order valence-corrected chi connectivity index (χ3v) is 2.46. The molecule has 0 amide bonds. The first-order chi connectivity index (χ1) is 8.10. The SMILES string of the molecule is CCCC(C)NC(C)CCC.Cc1nn[nH]n1. The summed E-state index contributed by atoms with van der Waals surface area (Å²) >= 11 is 0. The highest BCUT2D eigenvalue weighted by Gasteiger charge is 2.04. The van der Waals surface area contributed by atoms with Gasteiger partial charge in [0.05, 0.1) is 0 Å². The summed E-state index contributed by atoms with van der Waals surface area (Å²) in [5.74, 6) is 0.676. The Morgan fingerprint density at radius 1 is 1.12 bits per heavy atom. The second-order valence-corrected chi connectivity index (χ2v) is 4.51. The molecule has 1 heterocycles. The fourth-order valence-corrected chi connectivity index (χ4v) is 1.73. The largest absolute Gasteiger partial charge is 0.312 e. The van der Waals surface area contributed by atoms with Crippen LogP contribution in [0.4, 0.5) is 0 Å². The molecule has 0 saturated heterocycles. The second kappa shape index (κ2) is 10.2. The molecule has 0 spiro atoms. The Morgan fingerprint density at radius 2 is 1.65 bits per heavy atom. The molecular weight excluding hydrogens is 214 g/mol. The van der Waals surface area contributed by atoms with Crippen LogP contribution in [0.1, 0.15) is 59.2 Å². The van der Waals surface area contributed by atoms with Crippen LogP contribution in [0, 0.1) is 6.92 Å². The Morgan fingerprint density at radius 3 is 1.88 bits per heavy atom. The van der Waals surface area contributed by atoms with Crippen molar-refractivity contribution < 1.29 is 0 Å². The molecule has 0 aliphatic rings. The van der Waals surface area contributed by atoms with E-state index in [-0.39, 0.29) is 0 Å². The fraction of sp³-hybridized carbons (Fsp3) is 0.917. The number of nitrogens with one attached hydrogen (secondary N) is 2. The number of aryl methyl sites for hydroxylation is 1. The monoisotopic (exact) mass is 241 g/mol. The summed E-state index contributed by atoms with van der Waals surface area (Å²) in [6.07, 6.45) is 5.17. The van der Waals surface area contributed by atoms with E-state index in [9.17, 15) is 0 Å². The van der Waals surface area contributed by atoms with Gasteiger partial charge in [0.15, 0.2) is 5.82 Å². The Kier molecular flexibility index (Phi) is 9.62. The first kappa shape index (κ1) is 16.0. The number of hydrogen-bond acceptors (Lipinski definition) is 4. The number of aromatic amines is 1. The van der Waals surface area contributed by atoms with Crippen LogP contribution in [-0.2, 0) is 0 Å². The molecule has 5 heteroatoms. The highest BCUT2D eigenvalue weighted by molar-refractivity contribution is 4.66. The summed E-state index contributed by atoms with van der Waals surface area (Å²) in [6.45, 7) is 10.8. The minimum Gasteiger partial charge on any atom is -0.312 e. The van der Waals surface area contributed by atoms with Crippen LogP contribution in [0.5, 0.6) is 0 Å². The van der Waals surface area contributed by atoms with Crippen molar-refractivity contribution in [2.24, 2.45) is 0 Å². The lowest BCUT2D eigenvalue weighted by Crippen LogP contribution is -2.34. The molecule has 0 saturated carbocycles. The van der Waals surface area contributed by atoms with E-state index >= 15 is 0 Å². The zero-order chi connectivity index (χ0) is 13.1. The van der Waals surface area contributed by atoms with Crippen molar-refractivity contribution in [1.29, 1.82) is 0 Å². The van der Waals surface area contributed by atoms with Gasteiger partial charge in [0.2, 0.25) is 0 Å². The summed E-state index contributed by atoms with van der Waals surface area (Å²) in [5, 5.41) is 16.3. The second-order valence-electron chi connectivity index (χ2n) is 4.51. The van der Waals surface area contributed by atoms with Crippen molar-refractivity contribution in [3.63, 3.8) is 0 Å². The predicted molar refractivity (Wildman–Crippen MR) is 70.8 cm³/mol. The number of rotatable bonds is 6. The average Bonchev–Trinajstić information content (AvgIpc) is 2.70. The molecular formula is C12H27N5. The third kappa shape index (κ3) is 9.93. The lowest BCUT2D eigenvalue weighted by Gasteiger charge is -2.18. The van der Waals surface area contributed by atoms with Crippen LogP contribution in [0.3, 0.4) is 0 Å². The molecule has 1 aromatic rings. The van der Waals surface area contributed by atoms with Crippen LogP contribution in [0.25, 0.3) is 0 Å². The predicted octanol–water partition coefficient (Wildman–Crippen LogP) is 2.46. The van der Waals surface area contributed by atoms with Gasteiger partial charge in [-0.2, -0.15) is 5.21 Å². The van der Waals surface area contributed by atoms with E-state index in [1.807, 2.05) is 0 Å². The molecule has 0 aliphatic carbocycles.